The van der Waals surface area contributed by atoms with Crippen LogP contribution in [0.15, 0.2) is 46.2 Å². The molecule has 2 aromatic carbocycles. The molecule has 0 aliphatic rings. The molecule has 0 radical (unpaired) electrons. The molecular formula is C20H25N3O4S2. The van der Waals surface area contributed by atoms with E-state index in [1.54, 1.807) is 58.3 Å². The molecule has 0 aromatic heterocycles. The summed E-state index contributed by atoms with van der Waals surface area (Å²) in [4.78, 5) is 27.0. The Balaban J connectivity index is 2.41. The van der Waals surface area contributed by atoms with Crippen LogP contribution in [0.3, 0.4) is 0 Å². The van der Waals surface area contributed by atoms with Crippen molar-refractivity contribution in [3.05, 3.63) is 53.1 Å². The molecule has 1 N–H and O–H groups in total. The van der Waals surface area contributed by atoms with Gasteiger partial charge in [-0.3, -0.25) is 9.59 Å². The summed E-state index contributed by atoms with van der Waals surface area (Å²) in [6.07, 6.45) is 0. The molecule has 0 spiro atoms. The number of rotatable bonds is 5. The summed E-state index contributed by atoms with van der Waals surface area (Å²) in [6.45, 7) is 3.48. The Morgan fingerprint density at radius 2 is 1.62 bits per heavy atom. The van der Waals surface area contributed by atoms with E-state index in [0.29, 0.717) is 21.7 Å². The zero-order valence-corrected chi connectivity index (χ0v) is 18.9. The number of hydrogen-bond donors (Lipinski definition) is 1. The fraction of sp³-hybridized carbons (Fsp3) is 0.300. The van der Waals surface area contributed by atoms with Crippen LogP contribution in [0, 0.1) is 13.8 Å². The number of nitrogens with zero attached hydrogens (tertiary/aromatic N) is 2. The average Bonchev–Trinajstić information content (AvgIpc) is 2.64. The van der Waals surface area contributed by atoms with E-state index in [-0.39, 0.29) is 15.7 Å². The SMILES string of the molecule is Cc1cc(C(=O)Nc2ccccc2SC(=O)N(C)C)cc(S(=O)(=O)N(C)C)c1C. The zero-order valence-electron chi connectivity index (χ0n) is 17.3. The highest BCUT2D eigenvalue weighted by molar-refractivity contribution is 8.13. The number of aryl methyl sites for hydroxylation is 1. The lowest BCUT2D eigenvalue weighted by atomic mass is 10.1. The van der Waals surface area contributed by atoms with E-state index in [0.717, 1.165) is 16.1 Å². The first kappa shape index (κ1) is 22.9. The van der Waals surface area contributed by atoms with Crippen LogP contribution >= 0.6 is 11.8 Å². The summed E-state index contributed by atoms with van der Waals surface area (Å²) < 4.78 is 26.4. The molecule has 0 unspecified atom stereocenters. The van der Waals surface area contributed by atoms with E-state index in [9.17, 15) is 18.0 Å². The van der Waals surface area contributed by atoms with Crippen molar-refractivity contribution < 1.29 is 18.0 Å². The number of para-hydroxylation sites is 1. The monoisotopic (exact) mass is 435 g/mol. The van der Waals surface area contributed by atoms with Crippen LogP contribution < -0.4 is 5.32 Å². The smallest absolute Gasteiger partial charge is 0.286 e. The van der Waals surface area contributed by atoms with Gasteiger partial charge in [0.25, 0.3) is 11.1 Å². The highest BCUT2D eigenvalue weighted by Crippen LogP contribution is 2.30. The lowest BCUT2D eigenvalue weighted by Crippen LogP contribution is -2.24. The number of hydrogen-bond acceptors (Lipinski definition) is 5. The number of anilines is 1. The molecule has 0 saturated carbocycles. The Bertz CT molecular complexity index is 1050. The Kier molecular flexibility index (Phi) is 7.10. The van der Waals surface area contributed by atoms with E-state index >= 15 is 0 Å². The molecule has 29 heavy (non-hydrogen) atoms. The standard InChI is InChI=1S/C20H25N3O4S2/c1-13-11-15(12-18(14(13)2)29(26,27)23(5)6)19(24)21-16-9-7-8-10-17(16)28-20(25)22(3)4/h7-12H,1-6H3,(H,21,24). The average molecular weight is 436 g/mol. The van der Waals surface area contributed by atoms with Gasteiger partial charge in [0.2, 0.25) is 10.0 Å². The van der Waals surface area contributed by atoms with Gasteiger partial charge >= 0.3 is 0 Å². The van der Waals surface area contributed by atoms with Crippen molar-refractivity contribution >= 4 is 38.6 Å². The quantitative estimate of drug-likeness (QED) is 0.726. The van der Waals surface area contributed by atoms with Crippen LogP contribution in [0.5, 0.6) is 0 Å². The third kappa shape index (κ3) is 5.17. The van der Waals surface area contributed by atoms with Crippen molar-refractivity contribution in [1.29, 1.82) is 0 Å². The van der Waals surface area contributed by atoms with Gasteiger partial charge in [0.05, 0.1) is 10.6 Å². The lowest BCUT2D eigenvalue weighted by molar-refractivity contribution is 0.102. The molecule has 2 aromatic rings. The molecule has 0 heterocycles. The van der Waals surface area contributed by atoms with Gasteiger partial charge in [-0.1, -0.05) is 12.1 Å². The Hall–Kier alpha value is -2.36. The Morgan fingerprint density at radius 1 is 1.00 bits per heavy atom. The third-order valence-corrected chi connectivity index (χ3v) is 7.40. The minimum atomic E-state index is -3.69. The summed E-state index contributed by atoms with van der Waals surface area (Å²) in [5.41, 5.74) is 2.01. The molecule has 0 fully saturated rings. The predicted octanol–water partition coefficient (Wildman–Crippen LogP) is 3.58. The van der Waals surface area contributed by atoms with Crippen molar-refractivity contribution in [2.45, 2.75) is 23.6 Å². The van der Waals surface area contributed by atoms with E-state index in [1.165, 1.54) is 25.1 Å². The molecule has 156 valence electrons. The van der Waals surface area contributed by atoms with Gasteiger partial charge in [0, 0.05) is 38.6 Å². The van der Waals surface area contributed by atoms with Gasteiger partial charge in [-0.15, -0.1) is 0 Å². The molecule has 9 heteroatoms. The molecule has 0 aliphatic heterocycles. The first-order chi connectivity index (χ1) is 13.4. The molecule has 0 bridgehead atoms. The van der Waals surface area contributed by atoms with Crippen LogP contribution in [0.2, 0.25) is 0 Å². The number of carbonyl (C=O) groups is 2. The highest BCUT2D eigenvalue weighted by atomic mass is 32.2. The summed E-state index contributed by atoms with van der Waals surface area (Å²) >= 11 is 1.00. The molecule has 2 amide bonds. The zero-order chi connectivity index (χ0) is 21.9. The maximum atomic E-state index is 12.9. The fourth-order valence-electron chi connectivity index (χ4n) is 2.46. The molecule has 0 aliphatic carbocycles. The maximum absolute atomic E-state index is 12.9. The van der Waals surface area contributed by atoms with Crippen molar-refractivity contribution in [2.24, 2.45) is 0 Å². The van der Waals surface area contributed by atoms with Crippen LogP contribution in [-0.4, -0.2) is 57.0 Å². The van der Waals surface area contributed by atoms with Crippen molar-refractivity contribution in [1.82, 2.24) is 9.21 Å². The van der Waals surface area contributed by atoms with Crippen LogP contribution in [0.1, 0.15) is 21.5 Å². The third-order valence-electron chi connectivity index (χ3n) is 4.34. The summed E-state index contributed by atoms with van der Waals surface area (Å²) in [5, 5.41) is 2.62. The maximum Gasteiger partial charge on any atom is 0.286 e. The summed E-state index contributed by atoms with van der Waals surface area (Å²) in [5.74, 6) is -0.450. The number of nitrogens with one attached hydrogen (secondary N) is 1. The topological polar surface area (TPSA) is 86.8 Å². The van der Waals surface area contributed by atoms with Gasteiger partial charge < -0.3 is 10.2 Å². The number of thioether (sulfide) groups is 1. The largest absolute Gasteiger partial charge is 0.339 e. The second kappa shape index (κ2) is 8.98. The van der Waals surface area contributed by atoms with E-state index in [1.807, 2.05) is 0 Å². The summed E-state index contributed by atoms with van der Waals surface area (Å²) in [7, 11) is 2.51. The number of benzene rings is 2. The van der Waals surface area contributed by atoms with E-state index in [4.69, 9.17) is 0 Å². The highest BCUT2D eigenvalue weighted by Gasteiger charge is 2.23. The number of amides is 2. The van der Waals surface area contributed by atoms with Gasteiger partial charge in [-0.25, -0.2) is 12.7 Å². The fourth-order valence-corrected chi connectivity index (χ4v) is 4.43. The summed E-state index contributed by atoms with van der Waals surface area (Å²) in [6, 6.07) is 10.0. The van der Waals surface area contributed by atoms with Gasteiger partial charge in [0.1, 0.15) is 0 Å². The first-order valence-corrected chi connectivity index (χ1v) is 11.0. The van der Waals surface area contributed by atoms with Gasteiger partial charge in [-0.05, 0) is 61.0 Å². The molecule has 0 saturated heterocycles. The molecule has 0 atom stereocenters. The van der Waals surface area contributed by atoms with Crippen molar-refractivity contribution in [3.63, 3.8) is 0 Å². The molecular weight excluding hydrogens is 410 g/mol. The van der Waals surface area contributed by atoms with Gasteiger partial charge in [-0.2, -0.15) is 0 Å². The minimum Gasteiger partial charge on any atom is -0.339 e. The van der Waals surface area contributed by atoms with E-state index < -0.39 is 15.9 Å². The Labute approximate surface area is 176 Å². The second-order valence-corrected chi connectivity index (χ2v) is 10.0. The van der Waals surface area contributed by atoms with Crippen LogP contribution in [0.4, 0.5) is 10.5 Å². The normalized spacial score (nSPS) is 11.4. The lowest BCUT2D eigenvalue weighted by Gasteiger charge is -2.17. The van der Waals surface area contributed by atoms with E-state index in [2.05, 4.69) is 5.32 Å². The first-order valence-electron chi connectivity index (χ1n) is 8.78. The van der Waals surface area contributed by atoms with Crippen molar-refractivity contribution in [3.8, 4) is 0 Å². The van der Waals surface area contributed by atoms with Crippen molar-refractivity contribution in [2.75, 3.05) is 33.5 Å². The predicted molar refractivity (Wildman–Crippen MR) is 116 cm³/mol. The molecule has 7 nitrogen and oxygen atoms in total. The number of carbonyl (C=O) groups excluding carboxylic acids is 2. The van der Waals surface area contributed by atoms with Crippen LogP contribution in [-0.2, 0) is 10.0 Å². The minimum absolute atomic E-state index is 0.0955. The van der Waals surface area contributed by atoms with Gasteiger partial charge in [0.15, 0.2) is 0 Å². The molecule has 2 rings (SSSR count). The number of sulfonamides is 1. The van der Waals surface area contributed by atoms with Crippen LogP contribution in [0.25, 0.3) is 0 Å². The Morgan fingerprint density at radius 3 is 2.21 bits per heavy atom. The second-order valence-electron chi connectivity index (χ2n) is 6.92.